The van der Waals surface area contributed by atoms with Crippen molar-refractivity contribution in [2.45, 2.75) is 33.2 Å². The number of aromatic nitrogens is 2. The van der Waals surface area contributed by atoms with Gasteiger partial charge in [0.2, 0.25) is 0 Å². The molecule has 1 fully saturated rings. The molecule has 7 nitrogen and oxygen atoms in total. The van der Waals surface area contributed by atoms with Crippen LogP contribution >= 0.6 is 0 Å². The lowest BCUT2D eigenvalue weighted by molar-refractivity contribution is -0.120. The van der Waals surface area contributed by atoms with Crippen LogP contribution in [0, 0.1) is 10.8 Å². The lowest BCUT2D eigenvalue weighted by atomic mass is 9.60. The number of hydrogen-bond acceptors (Lipinski definition) is 6. The second kappa shape index (κ2) is 5.13. The molecule has 1 spiro atoms. The Morgan fingerprint density at radius 2 is 2.08 bits per heavy atom. The number of rotatable bonds is 2. The smallest absolute Gasteiger partial charge is 0.162 e. The largest absolute Gasteiger partial charge is 0.342 e. The van der Waals surface area contributed by atoms with Gasteiger partial charge in [0.15, 0.2) is 11.6 Å². The molecule has 0 aromatic carbocycles. The van der Waals surface area contributed by atoms with Crippen LogP contribution in [-0.2, 0) is 18.4 Å². The van der Waals surface area contributed by atoms with E-state index in [1.54, 1.807) is 0 Å². The van der Waals surface area contributed by atoms with Gasteiger partial charge in [0, 0.05) is 61.7 Å². The summed E-state index contributed by atoms with van der Waals surface area (Å²) >= 11 is 0. The van der Waals surface area contributed by atoms with Gasteiger partial charge in [-0.05, 0) is 11.8 Å². The number of azo groups is 1. The normalized spacial score (nSPS) is 26.0. The van der Waals surface area contributed by atoms with Gasteiger partial charge in [0.25, 0.3) is 0 Å². The highest BCUT2D eigenvalue weighted by Gasteiger charge is 2.57. The van der Waals surface area contributed by atoms with Crippen molar-refractivity contribution in [3.05, 3.63) is 40.6 Å². The highest BCUT2D eigenvalue weighted by molar-refractivity contribution is 6.00. The molecule has 1 N–H and O–H groups in total. The van der Waals surface area contributed by atoms with Gasteiger partial charge in [-0.3, -0.25) is 14.4 Å². The Labute approximate surface area is 152 Å². The molecule has 136 valence electrons. The molecule has 0 amide bonds. The van der Waals surface area contributed by atoms with Gasteiger partial charge in [-0.2, -0.15) is 10.2 Å². The fraction of sp³-hybridized carbons (Fsp3) is 0.579. The summed E-state index contributed by atoms with van der Waals surface area (Å²) < 4.78 is 1.83. The lowest BCUT2D eigenvalue weighted by Gasteiger charge is -2.55. The number of carbonyl (C=O) groups is 1. The number of likely N-dealkylation sites (tertiary alicyclic amines) is 1. The van der Waals surface area contributed by atoms with E-state index in [1.165, 1.54) is 11.1 Å². The highest BCUT2D eigenvalue weighted by atomic mass is 16.1. The van der Waals surface area contributed by atoms with Gasteiger partial charge in [-0.25, -0.2) is 0 Å². The molecule has 1 aromatic heterocycles. The lowest BCUT2D eigenvalue weighted by Crippen LogP contribution is -2.62. The van der Waals surface area contributed by atoms with Crippen LogP contribution in [0.25, 0.3) is 0 Å². The first kappa shape index (κ1) is 15.9. The topological polar surface area (TPSA) is 74.9 Å². The van der Waals surface area contributed by atoms with E-state index in [4.69, 9.17) is 0 Å². The van der Waals surface area contributed by atoms with Crippen LogP contribution < -0.4 is 5.32 Å². The molecule has 5 rings (SSSR count). The van der Waals surface area contributed by atoms with Crippen LogP contribution in [0.5, 0.6) is 0 Å². The average Bonchev–Trinajstić information content (AvgIpc) is 3.12. The van der Waals surface area contributed by atoms with Gasteiger partial charge < -0.3 is 5.32 Å². The van der Waals surface area contributed by atoms with E-state index in [0.717, 1.165) is 43.1 Å². The molecule has 4 heterocycles. The number of Topliss-reactive ketones (excluding diaryl/α,β-unsaturated/α-hetero) is 1. The van der Waals surface area contributed by atoms with Crippen LogP contribution in [0.2, 0.25) is 0 Å². The minimum atomic E-state index is -0.199. The first-order valence-electron chi connectivity index (χ1n) is 9.21. The van der Waals surface area contributed by atoms with E-state index < -0.39 is 0 Å². The molecule has 4 aliphatic rings. The molecule has 7 heteroatoms. The molecular formula is C19H24N6O. The Balaban J connectivity index is 1.47. The SMILES string of the molecule is Cn1cc(CN2CC3(C2)C2=C(N=NC2)NC2=C3C(=O)CC(C)(C)C2)cn1. The van der Waals surface area contributed by atoms with Crippen LogP contribution in [0.15, 0.2) is 45.3 Å². The third-order valence-corrected chi connectivity index (χ3v) is 6.04. The zero-order valence-electron chi connectivity index (χ0n) is 15.5. The molecular weight excluding hydrogens is 328 g/mol. The van der Waals surface area contributed by atoms with E-state index in [-0.39, 0.29) is 10.8 Å². The number of hydrogen-bond donors (Lipinski definition) is 1. The maximum Gasteiger partial charge on any atom is 0.162 e. The van der Waals surface area contributed by atoms with Gasteiger partial charge in [0.05, 0.1) is 18.2 Å². The van der Waals surface area contributed by atoms with Crippen molar-refractivity contribution in [1.29, 1.82) is 0 Å². The maximum absolute atomic E-state index is 13.1. The first-order chi connectivity index (χ1) is 12.4. The van der Waals surface area contributed by atoms with Crippen molar-refractivity contribution in [3.8, 4) is 0 Å². The molecule has 1 aliphatic carbocycles. The van der Waals surface area contributed by atoms with Crippen LogP contribution in [-0.4, -0.2) is 40.1 Å². The number of dihydropyridines is 1. The predicted octanol–water partition coefficient (Wildman–Crippen LogP) is 2.15. The van der Waals surface area contributed by atoms with Crippen molar-refractivity contribution in [1.82, 2.24) is 20.0 Å². The molecule has 1 saturated heterocycles. The highest BCUT2D eigenvalue weighted by Crippen LogP contribution is 2.54. The second-order valence-corrected chi connectivity index (χ2v) is 8.90. The number of fused-ring (bicyclic) bond motifs is 2. The number of aryl methyl sites for hydroxylation is 1. The number of nitrogens with zero attached hydrogens (tertiary/aromatic N) is 5. The Bertz CT molecular complexity index is 897. The molecule has 0 unspecified atom stereocenters. The standard InChI is InChI=1S/C19H24N6O/c1-18(2)4-14-16(15(26)5-18)19(13-7-20-23-17(13)22-14)10-25(11-19)9-12-6-21-24(3)8-12/h6,8,22H,4-5,7,9-11H2,1-3H3. The van der Waals surface area contributed by atoms with Crippen LogP contribution in [0.3, 0.4) is 0 Å². The molecule has 1 aromatic rings. The summed E-state index contributed by atoms with van der Waals surface area (Å²) in [5, 5.41) is 16.3. The Morgan fingerprint density at radius 1 is 1.27 bits per heavy atom. The van der Waals surface area contributed by atoms with Crippen molar-refractivity contribution >= 4 is 5.78 Å². The number of ketones is 1. The third-order valence-electron chi connectivity index (χ3n) is 6.04. The minimum absolute atomic E-state index is 0.00292. The monoisotopic (exact) mass is 352 g/mol. The van der Waals surface area contributed by atoms with E-state index in [0.29, 0.717) is 18.7 Å². The first-order valence-corrected chi connectivity index (χ1v) is 9.21. The van der Waals surface area contributed by atoms with Crippen molar-refractivity contribution in [2.75, 3.05) is 19.6 Å². The maximum atomic E-state index is 13.1. The Hall–Kier alpha value is -2.28. The summed E-state index contributed by atoms with van der Waals surface area (Å²) in [4.78, 5) is 15.5. The van der Waals surface area contributed by atoms with Gasteiger partial charge in [0.1, 0.15) is 0 Å². The molecule has 0 saturated carbocycles. The zero-order chi connectivity index (χ0) is 18.1. The molecule has 0 atom stereocenters. The number of nitrogens with one attached hydrogen (secondary N) is 1. The van der Waals surface area contributed by atoms with E-state index in [1.807, 2.05) is 17.9 Å². The summed E-state index contributed by atoms with van der Waals surface area (Å²) in [6.45, 7) is 7.52. The summed E-state index contributed by atoms with van der Waals surface area (Å²) in [5.74, 6) is 1.18. The molecule has 3 aliphatic heterocycles. The Kier molecular flexibility index (Phi) is 3.14. The molecule has 26 heavy (non-hydrogen) atoms. The van der Waals surface area contributed by atoms with Crippen molar-refractivity contribution in [3.63, 3.8) is 0 Å². The van der Waals surface area contributed by atoms with Crippen molar-refractivity contribution in [2.24, 2.45) is 28.1 Å². The van der Waals surface area contributed by atoms with Gasteiger partial charge in [-0.1, -0.05) is 13.8 Å². The third kappa shape index (κ3) is 2.23. The Morgan fingerprint density at radius 3 is 2.81 bits per heavy atom. The average molecular weight is 352 g/mol. The summed E-state index contributed by atoms with van der Waals surface area (Å²) in [5.41, 5.74) is 4.28. The minimum Gasteiger partial charge on any atom is -0.342 e. The van der Waals surface area contributed by atoms with Gasteiger partial charge in [-0.15, -0.1) is 5.11 Å². The quantitative estimate of drug-likeness (QED) is 0.885. The van der Waals surface area contributed by atoms with Crippen molar-refractivity contribution < 1.29 is 4.79 Å². The van der Waals surface area contributed by atoms with E-state index >= 15 is 0 Å². The second-order valence-electron chi connectivity index (χ2n) is 8.90. The summed E-state index contributed by atoms with van der Waals surface area (Å²) in [7, 11) is 1.94. The number of carbonyl (C=O) groups excluding carboxylic acids is 1. The fourth-order valence-electron chi connectivity index (χ4n) is 5.06. The molecule has 0 bridgehead atoms. The summed E-state index contributed by atoms with van der Waals surface area (Å²) in [6, 6.07) is 0. The zero-order valence-corrected chi connectivity index (χ0v) is 15.5. The predicted molar refractivity (Wildman–Crippen MR) is 95.9 cm³/mol. The van der Waals surface area contributed by atoms with Crippen LogP contribution in [0.4, 0.5) is 0 Å². The van der Waals surface area contributed by atoms with Crippen LogP contribution in [0.1, 0.15) is 32.3 Å². The van der Waals surface area contributed by atoms with E-state index in [2.05, 4.69) is 45.6 Å². The number of allylic oxidation sites excluding steroid dienone is 1. The fourth-order valence-corrected chi connectivity index (χ4v) is 5.06. The van der Waals surface area contributed by atoms with E-state index in [9.17, 15) is 4.79 Å². The van der Waals surface area contributed by atoms with Gasteiger partial charge >= 0.3 is 0 Å². The summed E-state index contributed by atoms with van der Waals surface area (Å²) in [6.07, 6.45) is 5.48. The molecule has 0 radical (unpaired) electrons.